The molecule has 1 aromatic rings. The van der Waals surface area contributed by atoms with Crippen LogP contribution < -0.4 is 20.1 Å². The Morgan fingerprint density at radius 3 is 2.62 bits per heavy atom. The van der Waals surface area contributed by atoms with E-state index < -0.39 is 24.5 Å². The molecule has 0 saturated carbocycles. The Morgan fingerprint density at radius 2 is 2.00 bits per heavy atom. The van der Waals surface area contributed by atoms with Gasteiger partial charge in [0.25, 0.3) is 5.91 Å². The van der Waals surface area contributed by atoms with Gasteiger partial charge in [0, 0.05) is 6.54 Å². The second-order valence-corrected chi connectivity index (χ2v) is 4.42. The van der Waals surface area contributed by atoms with Gasteiger partial charge in [0.15, 0.2) is 18.1 Å². The van der Waals surface area contributed by atoms with Gasteiger partial charge in [-0.15, -0.1) is 6.58 Å². The van der Waals surface area contributed by atoms with E-state index in [-0.39, 0.29) is 12.1 Å². The van der Waals surface area contributed by atoms with Crippen molar-refractivity contribution in [3.05, 3.63) is 36.4 Å². The summed E-state index contributed by atoms with van der Waals surface area (Å²) >= 11 is 0. The second kappa shape index (κ2) is 9.88. The van der Waals surface area contributed by atoms with Crippen LogP contribution in [-0.4, -0.2) is 44.8 Å². The fraction of sp³-hybridized carbons (Fsp3) is 0.312. The Morgan fingerprint density at radius 1 is 1.25 bits per heavy atom. The summed E-state index contributed by atoms with van der Waals surface area (Å²) in [5.74, 6) is -0.603. The number of urea groups is 1. The highest BCUT2D eigenvalue weighted by Crippen LogP contribution is 2.28. The normalized spacial score (nSPS) is 9.58. The number of nitrogens with one attached hydrogen (secondary N) is 2. The van der Waals surface area contributed by atoms with Gasteiger partial charge in [0.2, 0.25) is 0 Å². The first-order valence-corrected chi connectivity index (χ1v) is 7.18. The third-order valence-corrected chi connectivity index (χ3v) is 2.69. The summed E-state index contributed by atoms with van der Waals surface area (Å²) < 4.78 is 15.3. The lowest BCUT2D eigenvalue weighted by molar-refractivity contribution is -0.123. The van der Waals surface area contributed by atoms with Crippen LogP contribution >= 0.6 is 0 Å². The zero-order valence-corrected chi connectivity index (χ0v) is 13.6. The molecule has 2 N–H and O–H groups in total. The van der Waals surface area contributed by atoms with Gasteiger partial charge in [-0.05, 0) is 25.1 Å². The van der Waals surface area contributed by atoms with Crippen LogP contribution in [0.3, 0.4) is 0 Å². The molecule has 0 fully saturated rings. The van der Waals surface area contributed by atoms with E-state index in [1.165, 1.54) is 25.3 Å². The van der Waals surface area contributed by atoms with Gasteiger partial charge in [-0.3, -0.25) is 10.1 Å². The number of carbonyl (C=O) groups excluding carboxylic acids is 3. The lowest BCUT2D eigenvalue weighted by atomic mass is 10.2. The molecule has 0 aliphatic rings. The molecule has 0 atom stereocenters. The average molecular weight is 336 g/mol. The molecule has 0 heterocycles. The van der Waals surface area contributed by atoms with Gasteiger partial charge in [-0.25, -0.2) is 9.59 Å². The minimum absolute atomic E-state index is 0.194. The molecule has 24 heavy (non-hydrogen) atoms. The number of ether oxygens (including phenoxy) is 3. The predicted molar refractivity (Wildman–Crippen MR) is 86.2 cm³/mol. The van der Waals surface area contributed by atoms with Crippen molar-refractivity contribution < 1.29 is 28.6 Å². The fourth-order valence-corrected chi connectivity index (χ4v) is 1.66. The zero-order valence-electron chi connectivity index (χ0n) is 13.6. The van der Waals surface area contributed by atoms with Gasteiger partial charge < -0.3 is 19.5 Å². The molecule has 0 aromatic heterocycles. The lowest BCUT2D eigenvalue weighted by Crippen LogP contribution is -2.41. The highest BCUT2D eigenvalue weighted by atomic mass is 16.5. The van der Waals surface area contributed by atoms with Crippen molar-refractivity contribution in [2.45, 2.75) is 6.92 Å². The van der Waals surface area contributed by atoms with Crippen LogP contribution in [0.25, 0.3) is 0 Å². The largest absolute Gasteiger partial charge is 0.493 e. The van der Waals surface area contributed by atoms with E-state index in [0.29, 0.717) is 18.1 Å². The van der Waals surface area contributed by atoms with E-state index in [9.17, 15) is 14.4 Å². The van der Waals surface area contributed by atoms with Crippen LogP contribution in [0, 0.1) is 0 Å². The molecule has 130 valence electrons. The Labute approximate surface area is 139 Å². The summed E-state index contributed by atoms with van der Waals surface area (Å²) in [6, 6.07) is 3.81. The van der Waals surface area contributed by atoms with Gasteiger partial charge in [-0.1, -0.05) is 6.08 Å². The van der Waals surface area contributed by atoms with E-state index in [4.69, 9.17) is 14.2 Å². The maximum atomic E-state index is 11.9. The molecule has 1 rings (SSSR count). The topological polar surface area (TPSA) is 103 Å². The van der Waals surface area contributed by atoms with E-state index in [2.05, 4.69) is 11.9 Å². The number of carbonyl (C=O) groups is 3. The quantitative estimate of drug-likeness (QED) is 0.547. The van der Waals surface area contributed by atoms with E-state index in [1.807, 2.05) is 12.2 Å². The van der Waals surface area contributed by atoms with E-state index >= 15 is 0 Å². The van der Waals surface area contributed by atoms with Crippen LogP contribution in [0.1, 0.15) is 17.3 Å². The number of benzene rings is 1. The summed E-state index contributed by atoms with van der Waals surface area (Å²) in [6.07, 6.45) is 1.46. The molecule has 8 heteroatoms. The first-order chi connectivity index (χ1) is 11.5. The molecule has 0 bridgehead atoms. The maximum absolute atomic E-state index is 11.9. The molecular formula is C16H20N2O6. The summed E-state index contributed by atoms with van der Waals surface area (Å²) in [5, 5.41) is 4.37. The van der Waals surface area contributed by atoms with Crippen molar-refractivity contribution in [2.24, 2.45) is 0 Å². The van der Waals surface area contributed by atoms with Gasteiger partial charge in [0.1, 0.15) is 0 Å². The van der Waals surface area contributed by atoms with Crippen molar-refractivity contribution in [2.75, 3.05) is 26.9 Å². The Bertz CT molecular complexity index is 615. The number of hydrogen-bond acceptors (Lipinski definition) is 6. The average Bonchev–Trinajstić information content (AvgIpc) is 2.58. The van der Waals surface area contributed by atoms with Crippen molar-refractivity contribution in [3.63, 3.8) is 0 Å². The number of hydrogen-bond donors (Lipinski definition) is 2. The monoisotopic (exact) mass is 336 g/mol. The summed E-state index contributed by atoms with van der Waals surface area (Å²) in [7, 11) is 1.45. The Hall–Kier alpha value is -3.03. The molecule has 0 spiro atoms. The molecular weight excluding hydrogens is 316 g/mol. The summed E-state index contributed by atoms with van der Waals surface area (Å²) in [5.41, 5.74) is 0.194. The maximum Gasteiger partial charge on any atom is 0.338 e. The van der Waals surface area contributed by atoms with Crippen LogP contribution in [-0.2, 0) is 9.53 Å². The molecule has 0 unspecified atom stereocenters. The van der Waals surface area contributed by atoms with Crippen LogP contribution in [0.5, 0.6) is 11.5 Å². The number of methoxy groups -OCH3 is 1. The number of esters is 1. The SMILES string of the molecule is C=CCNC(=O)NC(=O)COC(=O)c1ccc(OCC)c(OC)c1. The molecule has 3 amide bonds. The van der Waals surface area contributed by atoms with Crippen LogP contribution in [0.2, 0.25) is 0 Å². The minimum Gasteiger partial charge on any atom is -0.493 e. The van der Waals surface area contributed by atoms with Gasteiger partial charge >= 0.3 is 12.0 Å². The Kier molecular flexibility index (Phi) is 7.83. The Balaban J connectivity index is 2.57. The third-order valence-electron chi connectivity index (χ3n) is 2.69. The lowest BCUT2D eigenvalue weighted by Gasteiger charge is -2.11. The minimum atomic E-state index is -0.747. The first kappa shape index (κ1) is 19.0. The van der Waals surface area contributed by atoms with E-state index in [0.717, 1.165) is 0 Å². The molecule has 0 aliphatic heterocycles. The van der Waals surface area contributed by atoms with Crippen LogP contribution in [0.15, 0.2) is 30.9 Å². The predicted octanol–water partition coefficient (Wildman–Crippen LogP) is 1.26. The number of rotatable bonds is 8. The van der Waals surface area contributed by atoms with Crippen molar-refractivity contribution in [1.29, 1.82) is 0 Å². The molecule has 1 aromatic carbocycles. The second-order valence-electron chi connectivity index (χ2n) is 4.42. The summed E-state index contributed by atoms with van der Waals surface area (Å²) in [4.78, 5) is 34.7. The van der Waals surface area contributed by atoms with Crippen molar-refractivity contribution >= 4 is 17.9 Å². The van der Waals surface area contributed by atoms with Gasteiger partial charge in [-0.2, -0.15) is 0 Å². The first-order valence-electron chi connectivity index (χ1n) is 7.18. The fourth-order valence-electron chi connectivity index (χ4n) is 1.66. The smallest absolute Gasteiger partial charge is 0.338 e. The zero-order chi connectivity index (χ0) is 17.9. The molecule has 0 aliphatic carbocycles. The van der Waals surface area contributed by atoms with E-state index in [1.54, 1.807) is 6.07 Å². The van der Waals surface area contributed by atoms with Crippen molar-refractivity contribution in [3.8, 4) is 11.5 Å². The van der Waals surface area contributed by atoms with Crippen molar-refractivity contribution in [1.82, 2.24) is 10.6 Å². The van der Waals surface area contributed by atoms with Crippen LogP contribution in [0.4, 0.5) is 4.79 Å². The number of amides is 3. The van der Waals surface area contributed by atoms with Gasteiger partial charge in [0.05, 0.1) is 19.3 Å². The highest BCUT2D eigenvalue weighted by molar-refractivity contribution is 5.97. The third kappa shape index (κ3) is 5.99. The highest BCUT2D eigenvalue weighted by Gasteiger charge is 2.14. The summed E-state index contributed by atoms with van der Waals surface area (Å²) in [6.45, 7) is 5.32. The standard InChI is InChI=1S/C16H20N2O6/c1-4-8-17-16(21)18-14(19)10-24-15(20)11-6-7-12(23-5-2)13(9-11)22-3/h4,6-7,9H,1,5,8,10H2,2-3H3,(H2,17,18,19,21). The molecule has 0 radical (unpaired) electrons. The molecule has 0 saturated heterocycles. The number of imide groups is 1. The molecule has 8 nitrogen and oxygen atoms in total.